The lowest BCUT2D eigenvalue weighted by Gasteiger charge is -2.16. The predicted molar refractivity (Wildman–Crippen MR) is 86.1 cm³/mol. The molecule has 0 aliphatic heterocycles. The van der Waals surface area contributed by atoms with E-state index in [9.17, 15) is 0 Å². The molecule has 0 aliphatic rings. The minimum absolute atomic E-state index is 0.287. The number of nitrogens with one attached hydrogen (secondary N) is 1. The monoisotopic (exact) mass is 285 g/mol. The maximum absolute atomic E-state index is 5.37. The molecule has 1 unspecified atom stereocenters. The number of hydrogen-bond donors (Lipinski definition) is 1. The van der Waals surface area contributed by atoms with Crippen LogP contribution in [-0.4, -0.2) is 20.8 Å². The van der Waals surface area contributed by atoms with E-state index in [0.717, 1.165) is 24.5 Å². The molecule has 0 amide bonds. The summed E-state index contributed by atoms with van der Waals surface area (Å²) < 4.78 is 10.6. The largest absolute Gasteiger partial charge is 0.497 e. The molecule has 3 heteroatoms. The Bertz CT molecular complexity index is 569. The van der Waals surface area contributed by atoms with Gasteiger partial charge in [-0.3, -0.25) is 0 Å². The van der Waals surface area contributed by atoms with Crippen molar-refractivity contribution >= 4 is 0 Å². The molecule has 0 aromatic heterocycles. The minimum atomic E-state index is 0.287. The van der Waals surface area contributed by atoms with E-state index in [0.29, 0.717) is 0 Å². The van der Waals surface area contributed by atoms with Gasteiger partial charge in [-0.2, -0.15) is 0 Å². The van der Waals surface area contributed by atoms with Gasteiger partial charge in [0.15, 0.2) is 0 Å². The number of benzene rings is 2. The van der Waals surface area contributed by atoms with Crippen LogP contribution in [0.25, 0.3) is 0 Å². The van der Waals surface area contributed by atoms with Crippen LogP contribution in [0.4, 0.5) is 0 Å². The first-order valence-electron chi connectivity index (χ1n) is 7.24. The molecule has 112 valence electrons. The van der Waals surface area contributed by atoms with E-state index < -0.39 is 0 Å². The van der Waals surface area contributed by atoms with Gasteiger partial charge in [0.2, 0.25) is 0 Å². The van der Waals surface area contributed by atoms with E-state index in [4.69, 9.17) is 9.47 Å². The Morgan fingerprint density at radius 2 is 1.81 bits per heavy atom. The van der Waals surface area contributed by atoms with E-state index >= 15 is 0 Å². The van der Waals surface area contributed by atoms with Gasteiger partial charge in [-0.1, -0.05) is 30.3 Å². The smallest absolute Gasteiger partial charge is 0.122 e. The molecule has 2 aromatic carbocycles. The molecule has 0 saturated carbocycles. The van der Waals surface area contributed by atoms with Crippen molar-refractivity contribution in [3.05, 3.63) is 59.7 Å². The number of ether oxygens (including phenoxy) is 2. The molecule has 2 aromatic rings. The van der Waals surface area contributed by atoms with E-state index in [1.54, 1.807) is 14.2 Å². The average Bonchev–Trinajstić information content (AvgIpc) is 2.55. The second-order valence-electron chi connectivity index (χ2n) is 5.01. The van der Waals surface area contributed by atoms with Crippen LogP contribution in [0.5, 0.6) is 11.5 Å². The molecule has 21 heavy (non-hydrogen) atoms. The van der Waals surface area contributed by atoms with Crippen molar-refractivity contribution in [1.82, 2.24) is 5.32 Å². The molecule has 0 fully saturated rings. The fourth-order valence-corrected chi connectivity index (χ4v) is 2.36. The molecule has 0 heterocycles. The summed E-state index contributed by atoms with van der Waals surface area (Å²) in [4.78, 5) is 0. The third-order valence-electron chi connectivity index (χ3n) is 3.63. The third-order valence-corrected chi connectivity index (χ3v) is 3.63. The van der Waals surface area contributed by atoms with Crippen LogP contribution in [0.1, 0.15) is 24.1 Å². The van der Waals surface area contributed by atoms with Crippen LogP contribution < -0.4 is 14.8 Å². The Labute approximate surface area is 126 Å². The van der Waals surface area contributed by atoms with Gasteiger partial charge < -0.3 is 14.8 Å². The van der Waals surface area contributed by atoms with Crippen molar-refractivity contribution in [2.75, 3.05) is 20.8 Å². The highest BCUT2D eigenvalue weighted by atomic mass is 16.5. The van der Waals surface area contributed by atoms with Gasteiger partial charge >= 0.3 is 0 Å². The van der Waals surface area contributed by atoms with Gasteiger partial charge in [-0.25, -0.2) is 0 Å². The molecule has 0 spiro atoms. The summed E-state index contributed by atoms with van der Waals surface area (Å²) in [6.07, 6.45) is 0.943. The lowest BCUT2D eigenvalue weighted by Crippen LogP contribution is -2.21. The summed E-state index contributed by atoms with van der Waals surface area (Å²) in [6, 6.07) is 16.6. The maximum atomic E-state index is 5.37. The third kappa shape index (κ3) is 4.23. The van der Waals surface area contributed by atoms with Crippen LogP contribution in [0.15, 0.2) is 48.5 Å². The summed E-state index contributed by atoms with van der Waals surface area (Å²) in [5.74, 6) is 1.85. The summed E-state index contributed by atoms with van der Waals surface area (Å²) in [7, 11) is 3.41. The van der Waals surface area contributed by atoms with E-state index in [-0.39, 0.29) is 6.04 Å². The van der Waals surface area contributed by atoms with E-state index in [2.05, 4.69) is 30.4 Å². The van der Waals surface area contributed by atoms with Gasteiger partial charge in [-0.15, -0.1) is 0 Å². The number of para-hydroxylation sites is 1. The molecule has 0 saturated heterocycles. The minimum Gasteiger partial charge on any atom is -0.497 e. The van der Waals surface area contributed by atoms with Gasteiger partial charge in [0, 0.05) is 6.04 Å². The molecule has 3 nitrogen and oxygen atoms in total. The van der Waals surface area contributed by atoms with Crippen molar-refractivity contribution in [2.45, 2.75) is 19.4 Å². The molecular weight excluding hydrogens is 262 g/mol. The highest BCUT2D eigenvalue weighted by molar-refractivity contribution is 5.33. The first-order valence-corrected chi connectivity index (χ1v) is 7.24. The molecule has 0 radical (unpaired) electrons. The average molecular weight is 285 g/mol. The zero-order chi connectivity index (χ0) is 15.1. The van der Waals surface area contributed by atoms with Gasteiger partial charge in [0.1, 0.15) is 11.5 Å². The Balaban J connectivity index is 1.90. The van der Waals surface area contributed by atoms with Crippen molar-refractivity contribution in [3.8, 4) is 11.5 Å². The predicted octanol–water partition coefficient (Wildman–Crippen LogP) is 3.60. The standard InChI is InChI=1S/C18H23NO2/c1-14(16-8-6-9-17(13-16)20-2)19-12-11-15-7-4-5-10-18(15)21-3/h4-10,13-14,19H,11-12H2,1-3H3. The summed E-state index contributed by atoms with van der Waals surface area (Å²) >= 11 is 0. The van der Waals surface area contributed by atoms with Gasteiger partial charge in [-0.05, 0) is 49.2 Å². The van der Waals surface area contributed by atoms with Crippen molar-refractivity contribution in [1.29, 1.82) is 0 Å². The van der Waals surface area contributed by atoms with E-state index in [1.807, 2.05) is 30.3 Å². The normalized spacial score (nSPS) is 12.0. The Morgan fingerprint density at radius 3 is 2.57 bits per heavy atom. The van der Waals surface area contributed by atoms with Crippen LogP contribution >= 0.6 is 0 Å². The summed E-state index contributed by atoms with van der Waals surface area (Å²) in [5, 5.41) is 3.54. The fourth-order valence-electron chi connectivity index (χ4n) is 2.36. The second-order valence-corrected chi connectivity index (χ2v) is 5.01. The fraction of sp³-hybridized carbons (Fsp3) is 0.333. The van der Waals surface area contributed by atoms with Crippen LogP contribution in [-0.2, 0) is 6.42 Å². The van der Waals surface area contributed by atoms with Crippen molar-refractivity contribution < 1.29 is 9.47 Å². The Hall–Kier alpha value is -2.00. The highest BCUT2D eigenvalue weighted by Crippen LogP contribution is 2.20. The molecule has 0 aliphatic carbocycles. The molecule has 0 bridgehead atoms. The van der Waals surface area contributed by atoms with E-state index in [1.165, 1.54) is 11.1 Å². The zero-order valence-corrected chi connectivity index (χ0v) is 12.9. The van der Waals surface area contributed by atoms with Crippen LogP contribution in [0.2, 0.25) is 0 Å². The van der Waals surface area contributed by atoms with Crippen molar-refractivity contribution in [3.63, 3.8) is 0 Å². The molecule has 1 atom stereocenters. The van der Waals surface area contributed by atoms with Crippen molar-refractivity contribution in [2.24, 2.45) is 0 Å². The number of methoxy groups -OCH3 is 2. The maximum Gasteiger partial charge on any atom is 0.122 e. The molecular formula is C18H23NO2. The summed E-state index contributed by atoms with van der Waals surface area (Å²) in [5.41, 5.74) is 2.46. The first kappa shape index (κ1) is 15.4. The summed E-state index contributed by atoms with van der Waals surface area (Å²) in [6.45, 7) is 3.07. The number of rotatable bonds is 7. The molecule has 1 N–H and O–H groups in total. The topological polar surface area (TPSA) is 30.5 Å². The SMILES string of the molecule is COc1cccc(C(C)NCCc2ccccc2OC)c1. The van der Waals surface area contributed by atoms with Crippen LogP contribution in [0.3, 0.4) is 0 Å². The number of hydrogen-bond acceptors (Lipinski definition) is 3. The highest BCUT2D eigenvalue weighted by Gasteiger charge is 2.07. The second kappa shape index (κ2) is 7.70. The lowest BCUT2D eigenvalue weighted by molar-refractivity contribution is 0.408. The van der Waals surface area contributed by atoms with Gasteiger partial charge in [0.25, 0.3) is 0 Å². The lowest BCUT2D eigenvalue weighted by atomic mass is 10.1. The Morgan fingerprint density at radius 1 is 1.00 bits per heavy atom. The Kier molecular flexibility index (Phi) is 5.64. The van der Waals surface area contributed by atoms with Gasteiger partial charge in [0.05, 0.1) is 14.2 Å². The van der Waals surface area contributed by atoms with Crippen LogP contribution in [0, 0.1) is 0 Å². The molecule has 2 rings (SSSR count). The zero-order valence-electron chi connectivity index (χ0n) is 12.9. The first-order chi connectivity index (χ1) is 10.2. The quantitative estimate of drug-likeness (QED) is 0.843.